The fourth-order valence-electron chi connectivity index (χ4n) is 11.0. The zero-order valence-electron chi connectivity index (χ0n) is 31.8. The van der Waals surface area contributed by atoms with Crippen LogP contribution in [-0.2, 0) is 0 Å². The topological polar surface area (TPSA) is 77.3 Å². The standard InChI is InChI=1S/C48H54N6/c1-4-16-31(17-5-1)43-46(52-40-25-13-10-22-37(40)49-43)34-28-35(47-44(32-18-6-2-7-19-32)50-38-23-11-14-26-41(38)53-47)30-36(29-34)48-45(33-20-8-3-9-21-33)51-39-24-12-15-27-42(39)54-48/h10-15,22-27,31-36H,1-9,16-21,28-30H2. The number of nitrogens with zero attached hydrogens (tertiary/aromatic N) is 6. The molecule has 4 aliphatic rings. The second kappa shape index (κ2) is 15.1. The van der Waals surface area contributed by atoms with E-state index in [4.69, 9.17) is 29.9 Å². The second-order valence-electron chi connectivity index (χ2n) is 17.3. The molecule has 4 saturated carbocycles. The molecule has 10 rings (SSSR count). The van der Waals surface area contributed by atoms with Crippen molar-refractivity contribution in [2.45, 2.75) is 151 Å². The van der Waals surface area contributed by atoms with Gasteiger partial charge in [0.15, 0.2) is 0 Å². The van der Waals surface area contributed by atoms with E-state index in [0.717, 1.165) is 52.4 Å². The summed E-state index contributed by atoms with van der Waals surface area (Å²) in [6.45, 7) is 0. The van der Waals surface area contributed by atoms with E-state index in [2.05, 4.69) is 72.8 Å². The number of rotatable bonds is 6. The quantitative estimate of drug-likeness (QED) is 0.171. The lowest BCUT2D eigenvalue weighted by atomic mass is 9.68. The fourth-order valence-corrected chi connectivity index (χ4v) is 11.0. The van der Waals surface area contributed by atoms with E-state index in [1.165, 1.54) is 130 Å². The molecule has 0 saturated heterocycles. The maximum Gasteiger partial charge on any atom is 0.0890 e. The number of hydrogen-bond donors (Lipinski definition) is 0. The van der Waals surface area contributed by atoms with Gasteiger partial charge in [0.1, 0.15) is 0 Å². The van der Waals surface area contributed by atoms with Gasteiger partial charge in [-0.15, -0.1) is 0 Å². The van der Waals surface area contributed by atoms with Gasteiger partial charge in [-0.3, -0.25) is 0 Å². The van der Waals surface area contributed by atoms with Gasteiger partial charge in [0.25, 0.3) is 0 Å². The molecule has 4 aliphatic carbocycles. The third kappa shape index (κ3) is 6.68. The predicted octanol–water partition coefficient (Wildman–Crippen LogP) is 12.5. The van der Waals surface area contributed by atoms with E-state index in [-0.39, 0.29) is 17.8 Å². The van der Waals surface area contributed by atoms with Crippen LogP contribution in [0.25, 0.3) is 33.1 Å². The number of aromatic nitrogens is 6. The summed E-state index contributed by atoms with van der Waals surface area (Å²) in [6, 6.07) is 25.7. The molecule has 0 aliphatic heterocycles. The minimum atomic E-state index is 0.253. The van der Waals surface area contributed by atoms with E-state index in [9.17, 15) is 0 Å². The van der Waals surface area contributed by atoms with Gasteiger partial charge >= 0.3 is 0 Å². The largest absolute Gasteiger partial charge is 0.249 e. The maximum atomic E-state index is 5.62. The Kier molecular flexibility index (Phi) is 9.54. The van der Waals surface area contributed by atoms with Crippen molar-refractivity contribution in [3.05, 3.63) is 107 Å². The Morgan fingerprint density at radius 3 is 0.685 bits per heavy atom. The molecule has 6 aromatic rings. The molecule has 3 aromatic heterocycles. The third-order valence-electron chi connectivity index (χ3n) is 13.7. The molecule has 0 spiro atoms. The summed E-state index contributed by atoms with van der Waals surface area (Å²) in [4.78, 5) is 33.4. The number of hydrogen-bond acceptors (Lipinski definition) is 6. The first-order valence-electron chi connectivity index (χ1n) is 21.5. The van der Waals surface area contributed by atoms with Crippen LogP contribution in [0, 0.1) is 0 Å². The second-order valence-corrected chi connectivity index (χ2v) is 17.3. The first-order chi connectivity index (χ1) is 26.7. The van der Waals surface area contributed by atoms with E-state index in [1.807, 2.05) is 0 Å². The smallest absolute Gasteiger partial charge is 0.0890 e. The van der Waals surface area contributed by atoms with Crippen molar-refractivity contribution in [1.29, 1.82) is 0 Å². The minimum absolute atomic E-state index is 0.253. The van der Waals surface area contributed by atoms with Crippen molar-refractivity contribution in [2.24, 2.45) is 0 Å². The van der Waals surface area contributed by atoms with Gasteiger partial charge in [-0.05, 0) is 94.2 Å². The highest BCUT2D eigenvalue weighted by Gasteiger charge is 2.40. The fraction of sp³-hybridized carbons (Fsp3) is 0.500. The van der Waals surface area contributed by atoms with Crippen LogP contribution in [-0.4, -0.2) is 29.9 Å². The van der Waals surface area contributed by atoms with Gasteiger partial charge in [0, 0.05) is 35.5 Å². The number of benzene rings is 3. The van der Waals surface area contributed by atoms with Crippen molar-refractivity contribution in [1.82, 2.24) is 29.9 Å². The summed E-state index contributed by atoms with van der Waals surface area (Å²) in [5, 5.41) is 0. The molecule has 276 valence electrons. The molecule has 4 fully saturated rings. The highest BCUT2D eigenvalue weighted by Crippen LogP contribution is 2.52. The van der Waals surface area contributed by atoms with E-state index in [0.29, 0.717) is 17.8 Å². The Labute approximate surface area is 320 Å². The van der Waals surface area contributed by atoms with E-state index in [1.54, 1.807) is 0 Å². The molecule has 3 aromatic carbocycles. The average molecular weight is 715 g/mol. The molecule has 6 nitrogen and oxygen atoms in total. The van der Waals surface area contributed by atoms with E-state index >= 15 is 0 Å². The van der Waals surface area contributed by atoms with Crippen LogP contribution in [0.2, 0.25) is 0 Å². The highest BCUT2D eigenvalue weighted by atomic mass is 14.9. The first-order valence-corrected chi connectivity index (χ1v) is 21.5. The van der Waals surface area contributed by atoms with Crippen LogP contribution in [0.15, 0.2) is 72.8 Å². The Balaban J connectivity index is 1.15. The van der Waals surface area contributed by atoms with Gasteiger partial charge in [0.05, 0.1) is 67.3 Å². The molecule has 0 unspecified atom stereocenters. The maximum absolute atomic E-state index is 5.62. The lowest BCUT2D eigenvalue weighted by molar-refractivity contribution is 0.324. The van der Waals surface area contributed by atoms with Crippen molar-refractivity contribution >= 4 is 33.1 Å². The Bertz CT molecular complexity index is 2000. The molecule has 0 radical (unpaired) electrons. The highest BCUT2D eigenvalue weighted by molar-refractivity contribution is 5.76. The summed E-state index contributed by atoms with van der Waals surface area (Å²) in [7, 11) is 0. The molecule has 0 amide bonds. The summed E-state index contributed by atoms with van der Waals surface area (Å²) in [5.74, 6) is 2.18. The zero-order valence-corrected chi connectivity index (χ0v) is 31.8. The van der Waals surface area contributed by atoms with Crippen LogP contribution in [0.1, 0.15) is 185 Å². The van der Waals surface area contributed by atoms with Crippen LogP contribution in [0.4, 0.5) is 0 Å². The Morgan fingerprint density at radius 1 is 0.259 bits per heavy atom. The van der Waals surface area contributed by atoms with Gasteiger partial charge in [-0.25, -0.2) is 29.9 Å². The lowest BCUT2D eigenvalue weighted by Gasteiger charge is -2.38. The van der Waals surface area contributed by atoms with Crippen molar-refractivity contribution in [3.8, 4) is 0 Å². The van der Waals surface area contributed by atoms with Crippen LogP contribution < -0.4 is 0 Å². The van der Waals surface area contributed by atoms with Crippen LogP contribution in [0.3, 0.4) is 0 Å². The van der Waals surface area contributed by atoms with Crippen LogP contribution in [0.5, 0.6) is 0 Å². The summed E-state index contributed by atoms with van der Waals surface area (Å²) < 4.78 is 0. The van der Waals surface area contributed by atoms with Gasteiger partial charge in [-0.1, -0.05) is 94.2 Å². The summed E-state index contributed by atoms with van der Waals surface area (Å²) in [5.41, 5.74) is 13.7. The van der Waals surface area contributed by atoms with Gasteiger partial charge in [-0.2, -0.15) is 0 Å². The lowest BCUT2D eigenvalue weighted by Crippen LogP contribution is -2.27. The van der Waals surface area contributed by atoms with Crippen LogP contribution >= 0.6 is 0 Å². The minimum Gasteiger partial charge on any atom is -0.249 e. The van der Waals surface area contributed by atoms with Crippen molar-refractivity contribution in [3.63, 3.8) is 0 Å². The first kappa shape index (κ1) is 34.2. The monoisotopic (exact) mass is 714 g/mol. The van der Waals surface area contributed by atoms with Crippen molar-refractivity contribution in [2.75, 3.05) is 0 Å². The molecule has 3 heterocycles. The molecular formula is C48H54N6. The van der Waals surface area contributed by atoms with Gasteiger partial charge < -0.3 is 0 Å². The van der Waals surface area contributed by atoms with E-state index < -0.39 is 0 Å². The zero-order chi connectivity index (χ0) is 35.8. The third-order valence-corrected chi connectivity index (χ3v) is 13.7. The Morgan fingerprint density at radius 2 is 0.463 bits per heavy atom. The van der Waals surface area contributed by atoms with Gasteiger partial charge in [0.2, 0.25) is 0 Å². The molecule has 0 atom stereocenters. The normalized spacial score (nSPS) is 23.7. The molecular weight excluding hydrogens is 661 g/mol. The molecule has 0 N–H and O–H groups in total. The Hall–Kier alpha value is -4.32. The number of fused-ring (bicyclic) bond motifs is 3. The molecule has 54 heavy (non-hydrogen) atoms. The predicted molar refractivity (Wildman–Crippen MR) is 218 cm³/mol. The average Bonchev–Trinajstić information content (AvgIpc) is 3.25. The molecule has 6 heteroatoms. The van der Waals surface area contributed by atoms with Crippen molar-refractivity contribution < 1.29 is 0 Å². The molecule has 0 bridgehead atoms. The SMILES string of the molecule is c1ccc2nc(C3CC(c4nc5ccccc5nc4C4CCCCC4)CC(c4nc5ccccc5nc4C4CCCCC4)C3)c(C3CCCCC3)nc2c1. The summed E-state index contributed by atoms with van der Waals surface area (Å²) >= 11 is 0. The summed E-state index contributed by atoms with van der Waals surface area (Å²) in [6.07, 6.45) is 22.0. The number of para-hydroxylation sites is 6.